The van der Waals surface area contributed by atoms with Gasteiger partial charge in [-0.1, -0.05) is 12.1 Å². The summed E-state index contributed by atoms with van der Waals surface area (Å²) in [5.41, 5.74) is 2.81. The minimum absolute atomic E-state index is 0.567. The van der Waals surface area contributed by atoms with Crippen molar-refractivity contribution in [1.82, 2.24) is 9.97 Å². The van der Waals surface area contributed by atoms with E-state index in [4.69, 9.17) is 14.2 Å². The first kappa shape index (κ1) is 20.3. The molecule has 7 nitrogen and oxygen atoms in total. The van der Waals surface area contributed by atoms with Gasteiger partial charge in [0.15, 0.2) is 0 Å². The molecule has 0 aliphatic heterocycles. The van der Waals surface area contributed by atoms with Gasteiger partial charge in [0.2, 0.25) is 5.95 Å². The Hall–Kier alpha value is -3.48. The minimum atomic E-state index is 0.567. The Bertz CT molecular complexity index is 963. The first-order chi connectivity index (χ1) is 14.1. The monoisotopic (exact) mass is 394 g/mol. The summed E-state index contributed by atoms with van der Waals surface area (Å²) >= 11 is 0. The second-order valence-corrected chi connectivity index (χ2v) is 6.44. The molecule has 0 unspecified atom stereocenters. The molecule has 0 atom stereocenters. The Kier molecular flexibility index (Phi) is 6.73. The number of ether oxygens (including phenoxy) is 3. The summed E-state index contributed by atoms with van der Waals surface area (Å²) in [6.07, 6.45) is 0.834. The molecule has 0 saturated heterocycles. The summed E-state index contributed by atoms with van der Waals surface area (Å²) in [5.74, 6) is 3.53. The predicted molar refractivity (Wildman–Crippen MR) is 115 cm³/mol. The summed E-state index contributed by atoms with van der Waals surface area (Å²) in [4.78, 5) is 9.04. The van der Waals surface area contributed by atoms with Crippen molar-refractivity contribution in [1.29, 1.82) is 0 Å². The number of nitrogens with one attached hydrogen (secondary N) is 2. The molecule has 0 spiro atoms. The van der Waals surface area contributed by atoms with Crippen LogP contribution in [0.1, 0.15) is 11.3 Å². The fraction of sp³-hybridized carbons (Fsp3) is 0.273. The quantitative estimate of drug-likeness (QED) is 0.563. The number of anilines is 3. The molecule has 1 aromatic heterocycles. The van der Waals surface area contributed by atoms with Crippen LogP contribution < -0.4 is 24.8 Å². The highest BCUT2D eigenvalue weighted by molar-refractivity contribution is 5.67. The Morgan fingerprint density at radius 3 is 2.41 bits per heavy atom. The first-order valence-electron chi connectivity index (χ1n) is 9.33. The molecular formula is C22H26N4O3. The molecule has 3 aromatic rings. The SMILES string of the molecule is COc1cccc(CCNc2nc(C)cc(Nc3cc(OC)ccc3OC)n2)c1. The molecule has 0 radical (unpaired) electrons. The highest BCUT2D eigenvalue weighted by Crippen LogP contribution is 2.31. The highest BCUT2D eigenvalue weighted by atomic mass is 16.5. The van der Waals surface area contributed by atoms with Gasteiger partial charge in [-0.3, -0.25) is 0 Å². The fourth-order valence-electron chi connectivity index (χ4n) is 2.91. The van der Waals surface area contributed by atoms with Gasteiger partial charge in [-0.25, -0.2) is 4.98 Å². The van der Waals surface area contributed by atoms with E-state index in [1.807, 2.05) is 49.4 Å². The molecule has 0 bridgehead atoms. The lowest BCUT2D eigenvalue weighted by atomic mass is 10.1. The van der Waals surface area contributed by atoms with Crippen molar-refractivity contribution in [3.05, 3.63) is 59.8 Å². The molecule has 7 heteroatoms. The molecule has 0 saturated carbocycles. The van der Waals surface area contributed by atoms with Crippen molar-refractivity contribution in [3.8, 4) is 17.2 Å². The molecule has 152 valence electrons. The molecule has 0 fully saturated rings. The number of hydrogen-bond acceptors (Lipinski definition) is 7. The van der Waals surface area contributed by atoms with Crippen molar-refractivity contribution < 1.29 is 14.2 Å². The lowest BCUT2D eigenvalue weighted by Gasteiger charge is -2.13. The number of methoxy groups -OCH3 is 3. The average Bonchev–Trinajstić information content (AvgIpc) is 2.73. The number of aromatic nitrogens is 2. The second-order valence-electron chi connectivity index (χ2n) is 6.44. The zero-order valence-electron chi connectivity index (χ0n) is 17.2. The van der Waals surface area contributed by atoms with Gasteiger partial charge >= 0.3 is 0 Å². The zero-order chi connectivity index (χ0) is 20.6. The van der Waals surface area contributed by atoms with Gasteiger partial charge < -0.3 is 24.8 Å². The van der Waals surface area contributed by atoms with Crippen LogP contribution in [0.4, 0.5) is 17.5 Å². The molecule has 2 aromatic carbocycles. The van der Waals surface area contributed by atoms with Gasteiger partial charge in [0.05, 0.1) is 27.0 Å². The molecule has 0 amide bonds. The van der Waals surface area contributed by atoms with Crippen molar-refractivity contribution in [2.75, 3.05) is 38.5 Å². The van der Waals surface area contributed by atoms with Gasteiger partial charge in [0.1, 0.15) is 23.1 Å². The molecule has 2 N–H and O–H groups in total. The van der Waals surface area contributed by atoms with Crippen LogP contribution in [0.5, 0.6) is 17.2 Å². The predicted octanol–water partition coefficient (Wildman–Crippen LogP) is 4.21. The van der Waals surface area contributed by atoms with Crippen LogP contribution in [0.3, 0.4) is 0 Å². The van der Waals surface area contributed by atoms with Crippen molar-refractivity contribution in [2.45, 2.75) is 13.3 Å². The summed E-state index contributed by atoms with van der Waals surface area (Å²) in [7, 11) is 4.93. The summed E-state index contributed by atoms with van der Waals surface area (Å²) < 4.78 is 16.0. The minimum Gasteiger partial charge on any atom is -0.497 e. The standard InChI is InChI=1S/C22H26N4O3/c1-15-12-21(25-19-14-18(28-3)8-9-20(19)29-4)26-22(24-15)23-11-10-16-6-5-7-17(13-16)27-2/h5-9,12-14H,10-11H2,1-4H3,(H2,23,24,25,26). The van der Waals surface area contributed by atoms with E-state index in [1.165, 1.54) is 5.56 Å². The number of benzene rings is 2. The van der Waals surface area contributed by atoms with Crippen LogP contribution in [0, 0.1) is 6.92 Å². The number of nitrogens with zero attached hydrogens (tertiary/aromatic N) is 2. The molecule has 0 aliphatic carbocycles. The fourth-order valence-corrected chi connectivity index (χ4v) is 2.91. The lowest BCUT2D eigenvalue weighted by Crippen LogP contribution is -2.10. The topological polar surface area (TPSA) is 77.5 Å². The van der Waals surface area contributed by atoms with Crippen LogP contribution in [-0.2, 0) is 6.42 Å². The Morgan fingerprint density at radius 1 is 0.862 bits per heavy atom. The van der Waals surface area contributed by atoms with E-state index < -0.39 is 0 Å². The van der Waals surface area contributed by atoms with Crippen LogP contribution >= 0.6 is 0 Å². The number of rotatable bonds is 9. The van der Waals surface area contributed by atoms with E-state index >= 15 is 0 Å². The van der Waals surface area contributed by atoms with Crippen molar-refractivity contribution >= 4 is 17.5 Å². The van der Waals surface area contributed by atoms with Gasteiger partial charge in [0, 0.05) is 24.4 Å². The van der Waals surface area contributed by atoms with Crippen molar-refractivity contribution in [3.63, 3.8) is 0 Å². The molecule has 1 heterocycles. The second kappa shape index (κ2) is 9.64. The lowest BCUT2D eigenvalue weighted by molar-refractivity contribution is 0.405. The maximum atomic E-state index is 5.42. The third-order valence-corrected chi connectivity index (χ3v) is 4.35. The maximum absolute atomic E-state index is 5.42. The van der Waals surface area contributed by atoms with Gasteiger partial charge in [0.25, 0.3) is 0 Å². The summed E-state index contributed by atoms with van der Waals surface area (Å²) in [6, 6.07) is 15.5. The van der Waals surface area contributed by atoms with E-state index in [-0.39, 0.29) is 0 Å². The average molecular weight is 394 g/mol. The molecular weight excluding hydrogens is 368 g/mol. The first-order valence-corrected chi connectivity index (χ1v) is 9.33. The van der Waals surface area contributed by atoms with Crippen LogP contribution in [0.2, 0.25) is 0 Å². The van der Waals surface area contributed by atoms with E-state index in [9.17, 15) is 0 Å². The maximum Gasteiger partial charge on any atom is 0.224 e. The van der Waals surface area contributed by atoms with Crippen LogP contribution in [0.25, 0.3) is 0 Å². The van der Waals surface area contributed by atoms with E-state index in [0.29, 0.717) is 24.1 Å². The summed E-state index contributed by atoms with van der Waals surface area (Å²) in [6.45, 7) is 2.64. The number of hydrogen-bond donors (Lipinski definition) is 2. The smallest absolute Gasteiger partial charge is 0.224 e. The van der Waals surface area contributed by atoms with Crippen molar-refractivity contribution in [2.24, 2.45) is 0 Å². The van der Waals surface area contributed by atoms with E-state index in [0.717, 1.165) is 29.3 Å². The third-order valence-electron chi connectivity index (χ3n) is 4.35. The van der Waals surface area contributed by atoms with Gasteiger partial charge in [-0.05, 0) is 43.2 Å². The normalized spacial score (nSPS) is 10.3. The highest BCUT2D eigenvalue weighted by Gasteiger charge is 2.08. The largest absolute Gasteiger partial charge is 0.497 e. The Labute approximate surface area is 171 Å². The van der Waals surface area contributed by atoms with Gasteiger partial charge in [-0.2, -0.15) is 4.98 Å². The van der Waals surface area contributed by atoms with Crippen LogP contribution in [0.15, 0.2) is 48.5 Å². The van der Waals surface area contributed by atoms with Crippen LogP contribution in [-0.4, -0.2) is 37.8 Å². The Morgan fingerprint density at radius 2 is 1.66 bits per heavy atom. The molecule has 0 aliphatic rings. The Balaban J connectivity index is 1.70. The summed E-state index contributed by atoms with van der Waals surface area (Å²) in [5, 5.41) is 6.58. The molecule has 29 heavy (non-hydrogen) atoms. The van der Waals surface area contributed by atoms with Gasteiger partial charge in [-0.15, -0.1) is 0 Å². The van der Waals surface area contributed by atoms with E-state index in [1.54, 1.807) is 21.3 Å². The molecule has 3 rings (SSSR count). The number of aryl methyl sites for hydroxylation is 1. The third kappa shape index (κ3) is 5.51. The van der Waals surface area contributed by atoms with E-state index in [2.05, 4.69) is 26.7 Å². The zero-order valence-corrected chi connectivity index (χ0v) is 17.2.